The Labute approximate surface area is 155 Å². The Morgan fingerprint density at radius 3 is 3.00 bits per heavy atom. The highest BCUT2D eigenvalue weighted by Crippen LogP contribution is 2.23. The van der Waals surface area contributed by atoms with Gasteiger partial charge in [-0.25, -0.2) is 14.6 Å². The monoisotopic (exact) mass is 372 g/mol. The summed E-state index contributed by atoms with van der Waals surface area (Å²) in [6.45, 7) is 2.84. The van der Waals surface area contributed by atoms with E-state index in [1.807, 2.05) is 6.07 Å². The highest BCUT2D eigenvalue weighted by Gasteiger charge is 2.27. The Kier molecular flexibility index (Phi) is 5.34. The van der Waals surface area contributed by atoms with Gasteiger partial charge in [-0.2, -0.15) is 10.2 Å². The van der Waals surface area contributed by atoms with Crippen molar-refractivity contribution < 1.29 is 14.6 Å². The van der Waals surface area contributed by atoms with Gasteiger partial charge < -0.3 is 20.1 Å². The Morgan fingerprint density at radius 2 is 2.30 bits per heavy atom. The molecule has 0 bridgehead atoms. The molecule has 1 aliphatic heterocycles. The molecule has 27 heavy (non-hydrogen) atoms. The number of rotatable bonds is 3. The number of nitrogens with one attached hydrogen (secondary N) is 1. The molecule has 2 unspecified atom stereocenters. The highest BCUT2D eigenvalue weighted by atomic mass is 16.6. The van der Waals surface area contributed by atoms with Gasteiger partial charge in [-0.3, -0.25) is 4.57 Å². The molecule has 3 heterocycles. The predicted octanol–water partition coefficient (Wildman–Crippen LogP) is -0.336. The third-order valence-corrected chi connectivity index (χ3v) is 4.49. The third kappa shape index (κ3) is 3.74. The fourth-order valence-electron chi connectivity index (χ4n) is 2.99. The standard InChI is InChI=1S/C17H20N6O4/c1-10(27-17(26)23-6-5-19-12(8-23)9-24)14-15-13(22(2)16(25)21-14)4-3-11(7-18)20-15/h3-4,10,12,19,24H,5-6,8-9H2,1-2H3. The first-order chi connectivity index (χ1) is 12.9. The molecule has 2 atom stereocenters. The molecular formula is C17H20N6O4. The van der Waals surface area contributed by atoms with Crippen molar-refractivity contribution >= 4 is 17.1 Å². The first-order valence-electron chi connectivity index (χ1n) is 8.52. The first-order valence-corrected chi connectivity index (χ1v) is 8.52. The van der Waals surface area contributed by atoms with Crippen LogP contribution in [0.3, 0.4) is 0 Å². The number of piperazine rings is 1. The Balaban J connectivity index is 1.90. The van der Waals surface area contributed by atoms with E-state index in [-0.39, 0.29) is 24.0 Å². The number of aliphatic hydroxyl groups is 1. The number of hydrogen-bond donors (Lipinski definition) is 2. The molecule has 1 fully saturated rings. The summed E-state index contributed by atoms with van der Waals surface area (Å²) in [5, 5.41) is 21.4. The van der Waals surface area contributed by atoms with Gasteiger partial charge in [0.15, 0.2) is 0 Å². The van der Waals surface area contributed by atoms with Gasteiger partial charge in [-0.1, -0.05) is 0 Å². The molecule has 2 N–H and O–H groups in total. The Bertz CT molecular complexity index is 966. The van der Waals surface area contributed by atoms with Gasteiger partial charge in [0.05, 0.1) is 12.1 Å². The molecular weight excluding hydrogens is 352 g/mol. The summed E-state index contributed by atoms with van der Waals surface area (Å²) in [5.41, 5.74) is 0.705. The second kappa shape index (κ2) is 7.69. The van der Waals surface area contributed by atoms with Crippen molar-refractivity contribution in [1.82, 2.24) is 24.8 Å². The van der Waals surface area contributed by atoms with Crippen molar-refractivity contribution in [3.8, 4) is 6.07 Å². The van der Waals surface area contributed by atoms with E-state index in [1.54, 1.807) is 20.0 Å². The van der Waals surface area contributed by atoms with Gasteiger partial charge in [0.2, 0.25) is 0 Å². The highest BCUT2D eigenvalue weighted by molar-refractivity contribution is 5.78. The molecule has 0 radical (unpaired) electrons. The molecule has 1 saturated heterocycles. The smallest absolute Gasteiger partial charge is 0.410 e. The van der Waals surface area contributed by atoms with Crippen LogP contribution in [0.25, 0.3) is 11.0 Å². The number of fused-ring (bicyclic) bond motifs is 1. The lowest BCUT2D eigenvalue weighted by Gasteiger charge is -2.32. The van der Waals surface area contributed by atoms with Gasteiger partial charge in [-0.15, -0.1) is 0 Å². The zero-order chi connectivity index (χ0) is 19.6. The quantitative estimate of drug-likeness (QED) is 0.748. The SMILES string of the molecule is CC(OC(=O)N1CCNC(CO)C1)c1nc(=O)n(C)c2ccc(C#N)nc12. The largest absolute Gasteiger partial charge is 0.440 e. The summed E-state index contributed by atoms with van der Waals surface area (Å²) in [6.07, 6.45) is -1.40. The number of aryl methyl sites for hydroxylation is 1. The van der Waals surface area contributed by atoms with Crippen molar-refractivity contribution in [2.45, 2.75) is 19.1 Å². The van der Waals surface area contributed by atoms with Gasteiger partial charge in [0.25, 0.3) is 0 Å². The van der Waals surface area contributed by atoms with Crippen molar-refractivity contribution in [2.24, 2.45) is 7.05 Å². The molecule has 3 rings (SSSR count). The number of carbonyl (C=O) groups excluding carboxylic acids is 1. The molecule has 2 aromatic rings. The molecule has 0 saturated carbocycles. The molecule has 0 aliphatic carbocycles. The number of nitriles is 1. The lowest BCUT2D eigenvalue weighted by atomic mass is 10.2. The van der Waals surface area contributed by atoms with E-state index in [9.17, 15) is 14.7 Å². The third-order valence-electron chi connectivity index (χ3n) is 4.49. The summed E-state index contributed by atoms with van der Waals surface area (Å²) in [5.74, 6) is 0. The zero-order valence-electron chi connectivity index (χ0n) is 15.0. The summed E-state index contributed by atoms with van der Waals surface area (Å²) >= 11 is 0. The van der Waals surface area contributed by atoms with Crippen LogP contribution in [-0.2, 0) is 11.8 Å². The van der Waals surface area contributed by atoms with Crippen molar-refractivity contribution in [3.05, 3.63) is 34.0 Å². The maximum atomic E-state index is 12.5. The van der Waals surface area contributed by atoms with E-state index in [0.717, 1.165) is 0 Å². The van der Waals surface area contributed by atoms with E-state index in [2.05, 4.69) is 15.3 Å². The number of ether oxygens (including phenoxy) is 1. The van der Waals surface area contributed by atoms with Gasteiger partial charge >= 0.3 is 11.8 Å². The van der Waals surface area contributed by atoms with E-state index < -0.39 is 17.9 Å². The maximum absolute atomic E-state index is 12.5. The van der Waals surface area contributed by atoms with Crippen LogP contribution in [0.4, 0.5) is 4.79 Å². The number of aliphatic hydroxyl groups excluding tert-OH is 1. The maximum Gasteiger partial charge on any atom is 0.410 e. The summed E-state index contributed by atoms with van der Waals surface area (Å²) < 4.78 is 6.81. The molecule has 0 spiro atoms. The number of pyridine rings is 1. The molecule has 10 nitrogen and oxygen atoms in total. The van der Waals surface area contributed by atoms with Crippen LogP contribution in [0.5, 0.6) is 0 Å². The first kappa shape index (κ1) is 18.8. The van der Waals surface area contributed by atoms with Crippen molar-refractivity contribution in [1.29, 1.82) is 5.26 Å². The normalized spacial score (nSPS) is 18.1. The number of amides is 1. The summed E-state index contributed by atoms with van der Waals surface area (Å²) in [4.78, 5) is 34.3. The van der Waals surface area contributed by atoms with Crippen LogP contribution in [-0.4, -0.2) is 62.9 Å². The van der Waals surface area contributed by atoms with Gasteiger partial charge in [0.1, 0.15) is 29.1 Å². The van der Waals surface area contributed by atoms with Crippen molar-refractivity contribution in [2.75, 3.05) is 26.2 Å². The minimum atomic E-state index is -0.835. The summed E-state index contributed by atoms with van der Waals surface area (Å²) in [7, 11) is 1.56. The van der Waals surface area contributed by atoms with E-state index in [0.29, 0.717) is 30.7 Å². The fraction of sp³-hybridized carbons (Fsp3) is 0.471. The Morgan fingerprint density at radius 1 is 1.52 bits per heavy atom. The number of carbonyl (C=O) groups is 1. The molecule has 0 aromatic carbocycles. The lowest BCUT2D eigenvalue weighted by molar-refractivity contribution is 0.0553. The van der Waals surface area contributed by atoms with E-state index in [4.69, 9.17) is 10.00 Å². The number of nitrogens with zero attached hydrogens (tertiary/aromatic N) is 5. The van der Waals surface area contributed by atoms with Crippen LogP contribution in [0.1, 0.15) is 24.4 Å². The van der Waals surface area contributed by atoms with E-state index in [1.165, 1.54) is 15.5 Å². The van der Waals surface area contributed by atoms with Crippen LogP contribution < -0.4 is 11.0 Å². The molecule has 142 valence electrons. The molecule has 2 aromatic heterocycles. The van der Waals surface area contributed by atoms with Crippen molar-refractivity contribution in [3.63, 3.8) is 0 Å². The number of hydrogen-bond acceptors (Lipinski definition) is 8. The van der Waals surface area contributed by atoms with Gasteiger partial charge in [0, 0.05) is 32.7 Å². The van der Waals surface area contributed by atoms with Crippen LogP contribution in [0, 0.1) is 11.3 Å². The molecule has 1 amide bonds. The Hall–Kier alpha value is -3.03. The van der Waals surface area contributed by atoms with Crippen LogP contribution in [0.15, 0.2) is 16.9 Å². The predicted molar refractivity (Wildman–Crippen MR) is 94.8 cm³/mol. The number of aromatic nitrogens is 3. The van der Waals surface area contributed by atoms with Gasteiger partial charge in [-0.05, 0) is 19.1 Å². The van der Waals surface area contributed by atoms with E-state index >= 15 is 0 Å². The minimum Gasteiger partial charge on any atom is -0.440 e. The topological polar surface area (TPSA) is 133 Å². The minimum absolute atomic E-state index is 0.0822. The summed E-state index contributed by atoms with van der Waals surface area (Å²) in [6, 6.07) is 4.87. The fourth-order valence-corrected chi connectivity index (χ4v) is 2.99. The zero-order valence-corrected chi connectivity index (χ0v) is 15.0. The average molecular weight is 372 g/mol. The molecule has 10 heteroatoms. The lowest BCUT2D eigenvalue weighted by Crippen LogP contribution is -2.54. The second-order valence-corrected chi connectivity index (χ2v) is 6.32. The van der Waals surface area contributed by atoms with Crippen LogP contribution >= 0.6 is 0 Å². The second-order valence-electron chi connectivity index (χ2n) is 6.32. The average Bonchev–Trinajstić information content (AvgIpc) is 2.70. The molecule has 1 aliphatic rings. The van der Waals surface area contributed by atoms with Crippen LogP contribution in [0.2, 0.25) is 0 Å².